The molecule has 5 heteroatoms. The molecular formula is C18H16ClN3O. The number of anilines is 1. The van der Waals surface area contributed by atoms with Crippen LogP contribution in [0.3, 0.4) is 0 Å². The maximum Gasteiger partial charge on any atom is 0.247 e. The van der Waals surface area contributed by atoms with Crippen LogP contribution in [0, 0.1) is 0 Å². The second-order valence-corrected chi connectivity index (χ2v) is 4.85. The number of alkyl halides is 1. The minimum Gasteiger partial charge on any atom is -0.323 e. The van der Waals surface area contributed by atoms with Crippen molar-refractivity contribution in [1.82, 2.24) is 0 Å². The number of hydrogen-bond donors (Lipinski definition) is 1. The second kappa shape index (κ2) is 8.06. The van der Waals surface area contributed by atoms with Gasteiger partial charge in [-0.05, 0) is 30.5 Å². The van der Waals surface area contributed by atoms with Crippen LogP contribution < -0.4 is 5.32 Å². The molecule has 4 nitrogen and oxygen atoms in total. The van der Waals surface area contributed by atoms with Crippen molar-refractivity contribution in [1.29, 1.82) is 0 Å². The Morgan fingerprint density at radius 3 is 2.91 bits per heavy atom. The molecule has 0 aliphatic heterocycles. The second-order valence-electron chi connectivity index (χ2n) is 4.61. The average Bonchev–Trinajstić information content (AvgIpc) is 2.57. The van der Waals surface area contributed by atoms with E-state index in [1.165, 1.54) is 6.08 Å². The van der Waals surface area contributed by atoms with Gasteiger partial charge >= 0.3 is 0 Å². The number of carbonyl (C=O) groups excluding carboxylic acids is 1. The summed E-state index contributed by atoms with van der Waals surface area (Å²) in [6.45, 7) is 6.92. The van der Waals surface area contributed by atoms with Crippen LogP contribution in [0.1, 0.15) is 5.56 Å². The lowest BCUT2D eigenvalue weighted by Crippen LogP contribution is -2.10. The summed E-state index contributed by atoms with van der Waals surface area (Å²) in [4.78, 5) is 19.6. The first kappa shape index (κ1) is 16.6. The van der Waals surface area contributed by atoms with Crippen molar-refractivity contribution in [2.75, 3.05) is 11.3 Å². The van der Waals surface area contributed by atoms with Gasteiger partial charge in [-0.3, -0.25) is 14.8 Å². The fourth-order valence-corrected chi connectivity index (χ4v) is 2.31. The van der Waals surface area contributed by atoms with Crippen molar-refractivity contribution in [3.8, 4) is 0 Å². The molecule has 1 aromatic rings. The lowest BCUT2D eigenvalue weighted by molar-refractivity contribution is -0.111. The van der Waals surface area contributed by atoms with E-state index in [-0.39, 0.29) is 11.9 Å². The minimum atomic E-state index is -0.259. The Balaban J connectivity index is 2.43. The smallest absolute Gasteiger partial charge is 0.247 e. The first-order valence-electron chi connectivity index (χ1n) is 6.89. The van der Waals surface area contributed by atoms with E-state index in [9.17, 15) is 4.79 Å². The van der Waals surface area contributed by atoms with Crippen LogP contribution in [0.15, 0.2) is 76.9 Å². The number of rotatable bonds is 5. The molecule has 0 unspecified atom stereocenters. The Morgan fingerprint density at radius 1 is 1.39 bits per heavy atom. The normalized spacial score (nSPS) is 17.0. The van der Waals surface area contributed by atoms with Gasteiger partial charge < -0.3 is 5.32 Å². The van der Waals surface area contributed by atoms with Gasteiger partial charge in [-0.1, -0.05) is 36.9 Å². The molecule has 0 spiro atoms. The van der Waals surface area contributed by atoms with Crippen LogP contribution >= 0.6 is 11.6 Å². The molecular weight excluding hydrogens is 310 g/mol. The van der Waals surface area contributed by atoms with Crippen molar-refractivity contribution in [2.24, 2.45) is 9.98 Å². The van der Waals surface area contributed by atoms with Gasteiger partial charge in [0.05, 0.1) is 5.71 Å². The molecule has 0 heterocycles. The monoisotopic (exact) mass is 325 g/mol. The summed E-state index contributed by atoms with van der Waals surface area (Å²) < 4.78 is 0. The third-order valence-corrected chi connectivity index (χ3v) is 3.26. The number of nitrogens with zero attached hydrogens (tertiary/aromatic N) is 2. The van der Waals surface area contributed by atoms with E-state index in [1.54, 1.807) is 6.20 Å². The molecule has 0 aromatic heterocycles. The highest BCUT2D eigenvalue weighted by Gasteiger charge is 2.16. The zero-order valence-corrected chi connectivity index (χ0v) is 13.3. The fraction of sp³-hybridized carbons (Fsp3) is 0.0556. The lowest BCUT2D eigenvalue weighted by atomic mass is 9.92. The third kappa shape index (κ3) is 4.14. The summed E-state index contributed by atoms with van der Waals surface area (Å²) in [5, 5.41) is 2.74. The topological polar surface area (TPSA) is 53.8 Å². The Labute approximate surface area is 140 Å². The Kier molecular flexibility index (Phi) is 5.83. The maximum atomic E-state index is 11.4. The zero-order chi connectivity index (χ0) is 16.7. The maximum absolute atomic E-state index is 11.4. The number of amides is 1. The number of allylic oxidation sites excluding steroid dienone is 5. The molecule has 1 amide bonds. The summed E-state index contributed by atoms with van der Waals surface area (Å²) in [6.07, 6.45) is 8.62. The molecule has 1 aliphatic carbocycles. The van der Waals surface area contributed by atoms with Gasteiger partial charge in [-0.2, -0.15) is 0 Å². The molecule has 0 bridgehead atoms. The Hall–Kier alpha value is -2.72. The molecule has 23 heavy (non-hydrogen) atoms. The SMILES string of the molecule is C=CC(=O)Nc1cccc(C2=CC=CC(=C/N=C)/C2=N\CCl)c1. The summed E-state index contributed by atoms with van der Waals surface area (Å²) in [7, 11) is 0. The van der Waals surface area contributed by atoms with E-state index >= 15 is 0 Å². The van der Waals surface area contributed by atoms with Crippen molar-refractivity contribution >= 4 is 41.2 Å². The van der Waals surface area contributed by atoms with Gasteiger partial charge in [0.2, 0.25) is 5.91 Å². The quantitative estimate of drug-likeness (QED) is 0.378. The predicted octanol–water partition coefficient (Wildman–Crippen LogP) is 3.99. The number of aliphatic imine (C=N–C) groups is 2. The van der Waals surface area contributed by atoms with Crippen molar-refractivity contribution in [2.45, 2.75) is 0 Å². The molecule has 0 radical (unpaired) electrons. The summed E-state index contributed by atoms with van der Waals surface area (Å²) in [5.74, 6) is -0.259. The number of halogens is 1. The third-order valence-electron chi connectivity index (χ3n) is 3.14. The fourth-order valence-electron chi connectivity index (χ4n) is 2.19. The molecule has 1 aliphatic rings. The molecule has 0 atom stereocenters. The van der Waals surface area contributed by atoms with Crippen molar-refractivity contribution in [3.63, 3.8) is 0 Å². The summed E-state index contributed by atoms with van der Waals surface area (Å²) in [5.41, 5.74) is 4.06. The van der Waals surface area contributed by atoms with E-state index < -0.39 is 0 Å². The molecule has 116 valence electrons. The van der Waals surface area contributed by atoms with Crippen LogP contribution in [0.5, 0.6) is 0 Å². The Morgan fingerprint density at radius 2 is 2.22 bits per heavy atom. The highest BCUT2D eigenvalue weighted by molar-refractivity contribution is 6.34. The predicted molar refractivity (Wildman–Crippen MR) is 98.2 cm³/mol. The largest absolute Gasteiger partial charge is 0.323 e. The number of carbonyl (C=O) groups is 1. The summed E-state index contributed by atoms with van der Waals surface area (Å²) >= 11 is 5.79. The minimum absolute atomic E-state index is 0.141. The van der Waals surface area contributed by atoms with Crippen LogP contribution in [0.2, 0.25) is 0 Å². The van der Waals surface area contributed by atoms with Crippen LogP contribution in [-0.4, -0.2) is 24.3 Å². The highest BCUT2D eigenvalue weighted by atomic mass is 35.5. The van der Waals surface area contributed by atoms with Gasteiger partial charge in [0.15, 0.2) is 0 Å². The molecule has 0 saturated carbocycles. The number of nitrogens with one attached hydrogen (secondary N) is 1. The van der Waals surface area contributed by atoms with E-state index in [0.717, 1.165) is 22.4 Å². The zero-order valence-electron chi connectivity index (χ0n) is 12.5. The number of hydrogen-bond acceptors (Lipinski definition) is 3. The number of benzene rings is 1. The lowest BCUT2D eigenvalue weighted by Gasteiger charge is -2.16. The van der Waals surface area contributed by atoms with Crippen LogP contribution in [0.4, 0.5) is 5.69 Å². The molecule has 1 N–H and O–H groups in total. The van der Waals surface area contributed by atoms with E-state index in [2.05, 4.69) is 28.6 Å². The standard InChI is InChI=1S/C18H16ClN3O/c1-3-17(23)22-15-8-4-6-13(10-15)16-9-5-7-14(11-20-2)18(16)21-12-19/h3-11H,1-2,12H2,(H,22,23)/b14-11-,21-18+. The highest BCUT2D eigenvalue weighted by Crippen LogP contribution is 2.27. The molecule has 1 aromatic carbocycles. The van der Waals surface area contributed by atoms with Crippen LogP contribution in [-0.2, 0) is 4.79 Å². The van der Waals surface area contributed by atoms with Gasteiger partial charge in [0, 0.05) is 23.0 Å². The first-order chi connectivity index (χ1) is 11.2. The van der Waals surface area contributed by atoms with Crippen LogP contribution in [0.25, 0.3) is 5.57 Å². The van der Waals surface area contributed by atoms with E-state index in [0.29, 0.717) is 5.69 Å². The van der Waals surface area contributed by atoms with Crippen molar-refractivity contribution < 1.29 is 4.79 Å². The molecule has 2 rings (SSSR count). The van der Waals surface area contributed by atoms with Gasteiger partial charge in [0.25, 0.3) is 0 Å². The molecule has 0 saturated heterocycles. The molecule has 0 fully saturated rings. The van der Waals surface area contributed by atoms with Gasteiger partial charge in [0.1, 0.15) is 6.00 Å². The average molecular weight is 326 g/mol. The van der Waals surface area contributed by atoms with Gasteiger partial charge in [-0.15, -0.1) is 11.6 Å². The van der Waals surface area contributed by atoms with E-state index in [1.807, 2.05) is 42.5 Å². The van der Waals surface area contributed by atoms with Crippen molar-refractivity contribution in [3.05, 3.63) is 72.5 Å². The Bertz CT molecular complexity index is 757. The first-order valence-corrected chi connectivity index (χ1v) is 7.42. The summed E-state index contributed by atoms with van der Waals surface area (Å²) in [6, 6.07) is 7.62. The van der Waals surface area contributed by atoms with Gasteiger partial charge in [-0.25, -0.2) is 0 Å². The van der Waals surface area contributed by atoms with E-state index in [4.69, 9.17) is 11.6 Å².